The van der Waals surface area contributed by atoms with Gasteiger partial charge in [0.05, 0.1) is 0 Å². The van der Waals surface area contributed by atoms with Crippen molar-refractivity contribution in [2.75, 3.05) is 0 Å². The van der Waals surface area contributed by atoms with Crippen LogP contribution in [0.4, 0.5) is 0 Å². The minimum absolute atomic E-state index is 0. The molecule has 0 aliphatic heterocycles. The van der Waals surface area contributed by atoms with E-state index < -0.39 is 0 Å². The Morgan fingerprint density at radius 3 is 0.750 bits per heavy atom. The molecule has 0 bridgehead atoms. The largest absolute Gasteiger partial charge is 0.412 e. The molecule has 0 rings (SSSR count). The first-order valence-corrected chi connectivity index (χ1v) is 0. The van der Waals surface area contributed by atoms with Gasteiger partial charge in [-0.25, -0.2) is 0 Å². The van der Waals surface area contributed by atoms with E-state index in [1.165, 1.54) is 0 Å². The summed E-state index contributed by atoms with van der Waals surface area (Å²) in [5.41, 5.74) is 0. The summed E-state index contributed by atoms with van der Waals surface area (Å²) in [7, 11) is 0. The maximum absolute atomic E-state index is 0. The molecule has 32 valence electrons. The van der Waals surface area contributed by atoms with Gasteiger partial charge >= 0.3 is 0 Å². The van der Waals surface area contributed by atoms with Gasteiger partial charge < -0.3 is 11.0 Å². The standard InChI is InChI=1S/2H2O.H3P.H2S/h2*1H2;1H3;1H2. The second-order valence-electron chi connectivity index (χ2n) is 0. The van der Waals surface area contributed by atoms with E-state index in [0.29, 0.717) is 0 Å². The summed E-state index contributed by atoms with van der Waals surface area (Å²) in [4.78, 5) is 0. The van der Waals surface area contributed by atoms with E-state index in [0.717, 1.165) is 0 Å². The second-order valence-corrected chi connectivity index (χ2v) is 0. The van der Waals surface area contributed by atoms with E-state index in [1.807, 2.05) is 0 Å². The van der Waals surface area contributed by atoms with E-state index >= 15 is 0 Å². The molecule has 0 saturated heterocycles. The molecular formula is H9O2PS. The summed E-state index contributed by atoms with van der Waals surface area (Å²) < 4.78 is 0. The Balaban J connectivity index is 0. The van der Waals surface area contributed by atoms with Gasteiger partial charge in [-0.2, -0.15) is 23.4 Å². The highest BCUT2D eigenvalue weighted by molar-refractivity contribution is 7.59. The monoisotopic (exact) mass is 104 g/mol. The molecule has 2 nitrogen and oxygen atoms in total. The quantitative estimate of drug-likeness (QED) is 0.336. The fourth-order valence-corrected chi connectivity index (χ4v) is 0. The van der Waals surface area contributed by atoms with Crippen LogP contribution in [0.25, 0.3) is 0 Å². The van der Waals surface area contributed by atoms with Crippen molar-refractivity contribution in [3.8, 4) is 0 Å². The normalized spacial score (nSPS) is 0. The zero-order chi connectivity index (χ0) is 0. The lowest BCUT2D eigenvalue weighted by atomic mass is 16.0. The fourth-order valence-electron chi connectivity index (χ4n) is 0. The van der Waals surface area contributed by atoms with Gasteiger partial charge in [0.2, 0.25) is 0 Å². The third-order valence-electron chi connectivity index (χ3n) is 0. The molecule has 4 heavy (non-hydrogen) atoms. The summed E-state index contributed by atoms with van der Waals surface area (Å²) >= 11 is 0. The Morgan fingerprint density at radius 2 is 0.750 bits per heavy atom. The highest BCUT2D eigenvalue weighted by Gasteiger charge is -0.153. The first-order chi connectivity index (χ1) is 0. The minimum Gasteiger partial charge on any atom is -0.412 e. The predicted octanol–water partition coefficient (Wildman–Crippen LogP) is -1.48. The predicted molar refractivity (Wildman–Crippen MR) is 28.7 cm³/mol. The highest BCUT2D eigenvalue weighted by atomic mass is 32.1. The van der Waals surface area contributed by atoms with Crippen LogP contribution in [0.15, 0.2) is 0 Å². The van der Waals surface area contributed by atoms with Crippen molar-refractivity contribution >= 4 is 23.4 Å². The number of hydrogen-bond donors (Lipinski definition) is 0. The van der Waals surface area contributed by atoms with E-state index in [1.54, 1.807) is 0 Å². The molecule has 0 aliphatic carbocycles. The van der Waals surface area contributed by atoms with Crippen LogP contribution in [0.3, 0.4) is 0 Å². The van der Waals surface area contributed by atoms with Crippen LogP contribution in [0, 0.1) is 0 Å². The molecule has 4 N–H and O–H groups in total. The van der Waals surface area contributed by atoms with Gasteiger partial charge in [-0.15, -0.1) is 0 Å². The Kier molecular flexibility index (Phi) is 1810. The van der Waals surface area contributed by atoms with Crippen molar-refractivity contribution < 1.29 is 11.0 Å². The maximum Gasteiger partial charge on any atom is -0.153 e. The Morgan fingerprint density at radius 1 is 0.750 bits per heavy atom. The second kappa shape index (κ2) is 55.0. The topological polar surface area (TPSA) is 63.0 Å². The van der Waals surface area contributed by atoms with E-state index in [4.69, 9.17) is 0 Å². The smallest absolute Gasteiger partial charge is 0.153 e. The van der Waals surface area contributed by atoms with Gasteiger partial charge in [0.25, 0.3) is 0 Å². The third-order valence-corrected chi connectivity index (χ3v) is 0. The van der Waals surface area contributed by atoms with Gasteiger partial charge in [0, 0.05) is 0 Å². The van der Waals surface area contributed by atoms with Gasteiger partial charge in [-0.05, 0) is 0 Å². The molecule has 1 unspecified atom stereocenters. The van der Waals surface area contributed by atoms with Crippen molar-refractivity contribution in [3.05, 3.63) is 0 Å². The van der Waals surface area contributed by atoms with Crippen LogP contribution < -0.4 is 0 Å². The summed E-state index contributed by atoms with van der Waals surface area (Å²) in [5.74, 6) is 0. The van der Waals surface area contributed by atoms with E-state index in [-0.39, 0.29) is 34.3 Å². The summed E-state index contributed by atoms with van der Waals surface area (Å²) in [6.07, 6.45) is 0. The molecule has 0 aliphatic rings. The van der Waals surface area contributed by atoms with Crippen molar-refractivity contribution in [1.29, 1.82) is 0 Å². The van der Waals surface area contributed by atoms with Crippen LogP contribution in [-0.4, -0.2) is 11.0 Å². The average Bonchev–Trinajstić information content (AvgIpc) is 0. The van der Waals surface area contributed by atoms with Crippen molar-refractivity contribution in [2.24, 2.45) is 0 Å². The summed E-state index contributed by atoms with van der Waals surface area (Å²) in [6, 6.07) is 0. The lowest BCUT2D eigenvalue weighted by Gasteiger charge is -0.413. The molecule has 0 heterocycles. The molecular weight excluding hydrogens is 95.0 g/mol. The Labute approximate surface area is 35.3 Å². The van der Waals surface area contributed by atoms with Crippen molar-refractivity contribution in [1.82, 2.24) is 0 Å². The van der Waals surface area contributed by atoms with Crippen molar-refractivity contribution in [2.45, 2.75) is 0 Å². The van der Waals surface area contributed by atoms with Crippen molar-refractivity contribution in [3.63, 3.8) is 0 Å². The summed E-state index contributed by atoms with van der Waals surface area (Å²) in [6.45, 7) is 0. The van der Waals surface area contributed by atoms with Gasteiger partial charge in [0.1, 0.15) is 0 Å². The minimum atomic E-state index is 0. The molecule has 0 amide bonds. The molecule has 0 aromatic heterocycles. The SMILES string of the molecule is O.O.P.S. The van der Waals surface area contributed by atoms with Gasteiger partial charge in [0.15, 0.2) is 0 Å². The van der Waals surface area contributed by atoms with Crippen LogP contribution >= 0.6 is 23.4 Å². The summed E-state index contributed by atoms with van der Waals surface area (Å²) in [5, 5.41) is 0. The Bertz CT molecular complexity index is 6.00. The first kappa shape index (κ1) is 131. The fraction of sp³-hybridized carbons (Fsp3) is 0. The first-order valence-electron chi connectivity index (χ1n) is 0. The van der Waals surface area contributed by atoms with Crippen LogP contribution in [0.1, 0.15) is 0 Å². The van der Waals surface area contributed by atoms with Crippen LogP contribution in [0.5, 0.6) is 0 Å². The number of hydrogen-bond acceptors (Lipinski definition) is 0. The van der Waals surface area contributed by atoms with E-state index in [2.05, 4.69) is 0 Å². The molecule has 0 aromatic rings. The zero-order valence-corrected chi connectivity index (χ0v) is 4.62. The lowest BCUT2D eigenvalue weighted by Crippen LogP contribution is -0.290. The molecule has 0 fully saturated rings. The lowest BCUT2D eigenvalue weighted by molar-refractivity contribution is 0.823. The number of rotatable bonds is 0. The zero-order valence-electron chi connectivity index (χ0n) is 2.21. The molecule has 4 heteroatoms. The Hall–Kier alpha value is 0.700. The van der Waals surface area contributed by atoms with Crippen LogP contribution in [-0.2, 0) is 0 Å². The third kappa shape index (κ3) is 15.9. The van der Waals surface area contributed by atoms with Crippen LogP contribution in [0.2, 0.25) is 0 Å². The molecule has 1 atom stereocenters. The molecule has 0 aromatic carbocycles. The van der Waals surface area contributed by atoms with Gasteiger partial charge in [-0.3, -0.25) is 0 Å². The van der Waals surface area contributed by atoms with E-state index in [9.17, 15) is 0 Å². The molecule has 0 spiro atoms. The maximum atomic E-state index is 0. The highest BCUT2D eigenvalue weighted by Crippen LogP contribution is 0.861. The average molecular weight is 104 g/mol. The molecule has 0 saturated carbocycles. The van der Waals surface area contributed by atoms with Gasteiger partial charge in [-0.1, -0.05) is 0 Å². The molecule has 0 radical (unpaired) electrons.